The molecule has 0 radical (unpaired) electrons. The summed E-state index contributed by atoms with van der Waals surface area (Å²) in [6, 6.07) is 6.36. The van der Waals surface area contributed by atoms with E-state index in [2.05, 4.69) is 5.32 Å². The first-order valence-electron chi connectivity index (χ1n) is 6.97. The number of nitrogens with zero attached hydrogens (tertiary/aromatic N) is 1. The number of likely N-dealkylation sites (N-methyl/N-ethyl adjacent to an activating group) is 1. The van der Waals surface area contributed by atoms with E-state index in [0.29, 0.717) is 19.5 Å². The number of hydrogen-bond acceptors (Lipinski definition) is 4. The van der Waals surface area contributed by atoms with Crippen molar-refractivity contribution in [1.82, 2.24) is 10.2 Å². The summed E-state index contributed by atoms with van der Waals surface area (Å²) in [7, 11) is -3.65. The Bertz CT molecular complexity index is 551. The van der Waals surface area contributed by atoms with Crippen LogP contribution in [0.3, 0.4) is 0 Å². The zero-order valence-corrected chi connectivity index (χ0v) is 13.3. The molecule has 1 amide bonds. The van der Waals surface area contributed by atoms with Crippen LogP contribution in [0.1, 0.15) is 19.4 Å². The predicted octanol–water partition coefficient (Wildman–Crippen LogP) is 0.335. The number of benzene rings is 1. The van der Waals surface area contributed by atoms with Gasteiger partial charge in [-0.15, -0.1) is 0 Å². The highest BCUT2D eigenvalue weighted by atomic mass is 32.2. The van der Waals surface area contributed by atoms with E-state index in [0.717, 1.165) is 18.7 Å². The molecule has 7 heteroatoms. The molecule has 1 rings (SSSR count). The molecule has 3 N–H and O–H groups in total. The van der Waals surface area contributed by atoms with Crippen molar-refractivity contribution >= 4 is 15.9 Å². The summed E-state index contributed by atoms with van der Waals surface area (Å²) in [5.41, 5.74) is 0.950. The Balaban J connectivity index is 2.41. The van der Waals surface area contributed by atoms with Gasteiger partial charge in [0.2, 0.25) is 15.9 Å². The number of primary sulfonamides is 1. The van der Waals surface area contributed by atoms with Gasteiger partial charge in [-0.05, 0) is 37.2 Å². The smallest absolute Gasteiger partial charge is 0.238 e. The van der Waals surface area contributed by atoms with Gasteiger partial charge in [0, 0.05) is 6.54 Å². The Morgan fingerprint density at radius 1 is 1.19 bits per heavy atom. The molecule has 0 heterocycles. The van der Waals surface area contributed by atoms with Gasteiger partial charge in [-0.3, -0.25) is 9.69 Å². The minimum atomic E-state index is -3.65. The van der Waals surface area contributed by atoms with E-state index >= 15 is 0 Å². The number of nitrogens with two attached hydrogens (primary N) is 1. The second kappa shape index (κ2) is 8.11. The fourth-order valence-corrected chi connectivity index (χ4v) is 2.41. The average molecular weight is 313 g/mol. The first-order valence-corrected chi connectivity index (χ1v) is 8.52. The molecule has 0 spiro atoms. The molecule has 0 saturated heterocycles. The Morgan fingerprint density at radius 3 is 2.24 bits per heavy atom. The van der Waals surface area contributed by atoms with Crippen LogP contribution < -0.4 is 10.5 Å². The van der Waals surface area contributed by atoms with Gasteiger partial charge in [-0.1, -0.05) is 26.0 Å². The average Bonchev–Trinajstić information content (AvgIpc) is 2.44. The number of sulfonamides is 1. The number of carbonyl (C=O) groups excluding carboxylic acids is 1. The van der Waals surface area contributed by atoms with Crippen LogP contribution in [0.2, 0.25) is 0 Å². The molecule has 0 aliphatic carbocycles. The molecule has 0 aliphatic heterocycles. The number of hydrogen-bond donors (Lipinski definition) is 2. The quantitative estimate of drug-likeness (QED) is 0.723. The second-order valence-corrected chi connectivity index (χ2v) is 6.31. The molecule has 0 saturated carbocycles. The second-order valence-electron chi connectivity index (χ2n) is 4.75. The molecular weight excluding hydrogens is 290 g/mol. The third-order valence-corrected chi connectivity index (χ3v) is 4.18. The lowest BCUT2D eigenvalue weighted by molar-refractivity contribution is -0.122. The summed E-state index contributed by atoms with van der Waals surface area (Å²) in [5.74, 6) is -0.000133. The largest absolute Gasteiger partial charge is 0.355 e. The van der Waals surface area contributed by atoms with E-state index in [1.807, 2.05) is 18.7 Å². The van der Waals surface area contributed by atoms with Crippen LogP contribution in [0, 0.1) is 0 Å². The summed E-state index contributed by atoms with van der Waals surface area (Å²) in [6.45, 7) is 6.65. The molecule has 0 unspecified atom stereocenters. The van der Waals surface area contributed by atoms with Crippen molar-refractivity contribution in [2.75, 3.05) is 26.2 Å². The van der Waals surface area contributed by atoms with Gasteiger partial charge in [-0.2, -0.15) is 0 Å². The number of amides is 1. The third kappa shape index (κ3) is 6.24. The summed E-state index contributed by atoms with van der Waals surface area (Å²) in [6.07, 6.45) is 0.648. The monoisotopic (exact) mass is 313 g/mol. The molecule has 0 aromatic heterocycles. The van der Waals surface area contributed by atoms with E-state index in [4.69, 9.17) is 5.14 Å². The molecule has 1 aromatic rings. The van der Waals surface area contributed by atoms with Gasteiger partial charge in [0.1, 0.15) is 0 Å². The van der Waals surface area contributed by atoms with Crippen molar-refractivity contribution < 1.29 is 13.2 Å². The van der Waals surface area contributed by atoms with Gasteiger partial charge in [0.15, 0.2) is 0 Å². The normalized spacial score (nSPS) is 11.6. The SMILES string of the molecule is CCN(CC)CC(=O)NCCc1ccc(S(N)(=O)=O)cc1. The fourth-order valence-electron chi connectivity index (χ4n) is 1.90. The maximum Gasteiger partial charge on any atom is 0.238 e. The molecule has 0 atom stereocenters. The third-order valence-electron chi connectivity index (χ3n) is 3.25. The van der Waals surface area contributed by atoms with Gasteiger partial charge in [0.05, 0.1) is 11.4 Å². The first kappa shape index (κ1) is 17.6. The maximum atomic E-state index is 11.7. The van der Waals surface area contributed by atoms with Crippen LogP contribution in [0.15, 0.2) is 29.2 Å². The van der Waals surface area contributed by atoms with Gasteiger partial charge < -0.3 is 5.32 Å². The topological polar surface area (TPSA) is 92.5 Å². The van der Waals surface area contributed by atoms with Crippen LogP contribution >= 0.6 is 0 Å². The van der Waals surface area contributed by atoms with Crippen LogP contribution in [0.25, 0.3) is 0 Å². The first-order chi connectivity index (χ1) is 9.86. The molecule has 1 aromatic carbocycles. The standard InChI is InChI=1S/C14H23N3O3S/c1-3-17(4-2)11-14(18)16-10-9-12-5-7-13(8-6-12)21(15,19)20/h5-8H,3-4,9-11H2,1-2H3,(H,16,18)(H2,15,19,20). The van der Waals surface area contributed by atoms with Crippen LogP contribution in [0.5, 0.6) is 0 Å². The Morgan fingerprint density at radius 2 is 1.76 bits per heavy atom. The number of rotatable bonds is 8. The molecule has 0 aliphatic rings. The lowest BCUT2D eigenvalue weighted by Crippen LogP contribution is -2.37. The summed E-state index contributed by atoms with van der Waals surface area (Å²) in [4.78, 5) is 13.8. The zero-order chi connectivity index (χ0) is 15.9. The Hall–Kier alpha value is -1.44. The predicted molar refractivity (Wildman–Crippen MR) is 82.3 cm³/mol. The number of nitrogens with one attached hydrogen (secondary N) is 1. The minimum Gasteiger partial charge on any atom is -0.355 e. The lowest BCUT2D eigenvalue weighted by atomic mass is 10.1. The number of carbonyl (C=O) groups is 1. The van der Waals surface area contributed by atoms with E-state index in [-0.39, 0.29) is 10.8 Å². The highest BCUT2D eigenvalue weighted by Gasteiger charge is 2.08. The summed E-state index contributed by atoms with van der Waals surface area (Å²) < 4.78 is 22.2. The van der Waals surface area contributed by atoms with Crippen molar-refractivity contribution in [3.8, 4) is 0 Å². The van der Waals surface area contributed by atoms with E-state index < -0.39 is 10.0 Å². The van der Waals surface area contributed by atoms with Crippen molar-refractivity contribution in [2.24, 2.45) is 5.14 Å². The highest BCUT2D eigenvalue weighted by molar-refractivity contribution is 7.89. The minimum absolute atomic E-state index is 0.000133. The molecule has 21 heavy (non-hydrogen) atoms. The lowest BCUT2D eigenvalue weighted by Gasteiger charge is -2.17. The van der Waals surface area contributed by atoms with Crippen molar-refractivity contribution in [1.29, 1.82) is 0 Å². The van der Waals surface area contributed by atoms with Crippen molar-refractivity contribution in [3.05, 3.63) is 29.8 Å². The molecule has 0 fully saturated rings. The Kier molecular flexibility index (Phi) is 6.80. The molecule has 6 nitrogen and oxygen atoms in total. The van der Waals surface area contributed by atoms with Crippen LogP contribution in [0.4, 0.5) is 0 Å². The van der Waals surface area contributed by atoms with E-state index in [9.17, 15) is 13.2 Å². The van der Waals surface area contributed by atoms with Gasteiger partial charge >= 0.3 is 0 Å². The van der Waals surface area contributed by atoms with Gasteiger partial charge in [-0.25, -0.2) is 13.6 Å². The molecular formula is C14H23N3O3S. The fraction of sp³-hybridized carbons (Fsp3) is 0.500. The zero-order valence-electron chi connectivity index (χ0n) is 12.5. The van der Waals surface area contributed by atoms with Crippen LogP contribution in [-0.4, -0.2) is 45.4 Å². The van der Waals surface area contributed by atoms with Gasteiger partial charge in [0.25, 0.3) is 0 Å². The van der Waals surface area contributed by atoms with E-state index in [1.165, 1.54) is 12.1 Å². The van der Waals surface area contributed by atoms with E-state index in [1.54, 1.807) is 12.1 Å². The van der Waals surface area contributed by atoms with Crippen molar-refractivity contribution in [2.45, 2.75) is 25.2 Å². The highest BCUT2D eigenvalue weighted by Crippen LogP contribution is 2.08. The Labute approximate surface area is 126 Å². The summed E-state index contributed by atoms with van der Waals surface area (Å²) >= 11 is 0. The van der Waals surface area contributed by atoms with Crippen LogP contribution in [-0.2, 0) is 21.2 Å². The van der Waals surface area contributed by atoms with Crippen molar-refractivity contribution in [3.63, 3.8) is 0 Å². The molecule has 118 valence electrons. The maximum absolute atomic E-state index is 11.7. The summed E-state index contributed by atoms with van der Waals surface area (Å²) in [5, 5.41) is 7.88. The molecule has 0 bridgehead atoms.